The molecule has 13 heteroatoms. The first kappa shape index (κ1) is 36.4. The molecule has 3 N–H and O–H groups in total. The molecular weight excluding hydrogens is 627 g/mol. The number of carbonyl (C=O) groups is 4. The Kier molecular flexibility index (Phi) is 11.3. The lowest BCUT2D eigenvalue weighted by Gasteiger charge is -2.64. The number of amides is 4. The highest BCUT2D eigenvalue weighted by atomic mass is 28.3. The third kappa shape index (κ3) is 8.10. The van der Waals surface area contributed by atoms with Crippen molar-refractivity contribution in [2.75, 3.05) is 13.1 Å². The van der Waals surface area contributed by atoms with E-state index in [4.69, 9.17) is 14.0 Å². The van der Waals surface area contributed by atoms with Gasteiger partial charge in [-0.1, -0.05) is 70.2 Å². The third-order valence-corrected chi connectivity index (χ3v) is 12.9. The molecule has 0 spiro atoms. The molecule has 2 bridgehead atoms. The molecule has 7 unspecified atom stereocenters. The van der Waals surface area contributed by atoms with E-state index < -0.39 is 44.9 Å². The number of ether oxygens (including phenoxy) is 1. The fourth-order valence-electron chi connectivity index (χ4n) is 8.50. The summed E-state index contributed by atoms with van der Waals surface area (Å²) in [7, 11) is -2.41. The summed E-state index contributed by atoms with van der Waals surface area (Å²) in [5, 5.41) is 8.79. The van der Waals surface area contributed by atoms with Crippen molar-refractivity contribution in [1.29, 1.82) is 0 Å². The minimum Gasteiger partial charge on any atom is -0.445 e. The monoisotopic (exact) mass is 682 g/mol. The largest absolute Gasteiger partial charge is 0.481 e. The van der Waals surface area contributed by atoms with E-state index in [9.17, 15) is 19.2 Å². The summed E-state index contributed by atoms with van der Waals surface area (Å²) < 4.78 is 18.8. The number of likely N-dealkylation sites (tertiary alicyclic amines) is 1. The van der Waals surface area contributed by atoms with Crippen LogP contribution in [0.1, 0.15) is 71.3 Å². The minimum absolute atomic E-state index is 0.0185. The number of nitrogens with one attached hydrogen (secondary N) is 3. The standard InChI is InChI=1S/C35H55BN4O7Si/c1-34(2)25-19-28(34)35(3)29(20-25)46-36(47-35)30(16-10-11-17-37-23-41)39-31(42)27-15-12-18-40(27)32(43)26(22-48(4,5)6)38-33(44)45-21-24-13-8-7-9-14-24/h7-9,13-14,23,25-30H,10-12,15-22H2,1-6H3,(H,37,41)(H,38,44)(H,39,42). The maximum atomic E-state index is 14.1. The van der Waals surface area contributed by atoms with Crippen LogP contribution >= 0.6 is 0 Å². The predicted molar refractivity (Wildman–Crippen MR) is 186 cm³/mol. The fourth-order valence-corrected chi connectivity index (χ4v) is 10.0. The Labute approximate surface area is 287 Å². The second-order valence-corrected chi connectivity index (χ2v) is 21.8. The zero-order chi connectivity index (χ0) is 34.7. The molecule has 2 aliphatic heterocycles. The second-order valence-electron chi connectivity index (χ2n) is 16.2. The molecule has 1 aromatic carbocycles. The molecule has 0 radical (unpaired) electrons. The van der Waals surface area contributed by atoms with Crippen molar-refractivity contribution < 1.29 is 33.2 Å². The number of alkyl carbamates (subject to hydrolysis) is 1. The van der Waals surface area contributed by atoms with Gasteiger partial charge in [0, 0.05) is 21.2 Å². The van der Waals surface area contributed by atoms with Gasteiger partial charge >= 0.3 is 13.2 Å². The van der Waals surface area contributed by atoms with E-state index >= 15 is 0 Å². The molecule has 5 fully saturated rings. The van der Waals surface area contributed by atoms with Crippen molar-refractivity contribution in [1.82, 2.24) is 20.9 Å². The van der Waals surface area contributed by atoms with Crippen LogP contribution in [0.2, 0.25) is 25.7 Å². The van der Waals surface area contributed by atoms with Gasteiger partial charge in [0.2, 0.25) is 18.2 Å². The summed E-state index contributed by atoms with van der Waals surface area (Å²) in [6.07, 6.45) is 5.48. The maximum absolute atomic E-state index is 14.1. The average Bonchev–Trinajstić information content (AvgIpc) is 3.67. The Morgan fingerprint density at radius 3 is 2.54 bits per heavy atom. The number of benzene rings is 1. The first-order chi connectivity index (χ1) is 22.7. The molecule has 2 saturated heterocycles. The van der Waals surface area contributed by atoms with Crippen LogP contribution in [0.15, 0.2) is 30.3 Å². The van der Waals surface area contributed by atoms with Gasteiger partial charge in [0.15, 0.2) is 0 Å². The van der Waals surface area contributed by atoms with Gasteiger partial charge in [0.05, 0.1) is 17.6 Å². The highest BCUT2D eigenvalue weighted by Crippen LogP contribution is 2.65. The van der Waals surface area contributed by atoms with Crippen molar-refractivity contribution in [3.8, 4) is 0 Å². The normalized spacial score (nSPS) is 28.5. The van der Waals surface area contributed by atoms with Crippen LogP contribution in [0.4, 0.5) is 4.79 Å². The summed E-state index contributed by atoms with van der Waals surface area (Å²) in [5.74, 6) is 0.115. The van der Waals surface area contributed by atoms with Crippen molar-refractivity contribution >= 4 is 39.5 Å². The Balaban J connectivity index is 1.26. The summed E-state index contributed by atoms with van der Waals surface area (Å²) in [6.45, 7) is 14.4. The van der Waals surface area contributed by atoms with Gasteiger partial charge in [-0.15, -0.1) is 0 Å². The van der Waals surface area contributed by atoms with Gasteiger partial charge < -0.3 is 34.9 Å². The SMILES string of the molecule is CC1(C)C2CC3OB(C(CCCCNC=O)NC(=O)C4CCCN4C(=O)C(C[Si](C)(C)C)NC(=O)OCc4ccccc4)OC3(C)C1C2. The average molecular weight is 683 g/mol. The lowest BCUT2D eigenvalue weighted by Crippen LogP contribution is -2.65. The zero-order valence-electron chi connectivity index (χ0n) is 29.6. The summed E-state index contributed by atoms with van der Waals surface area (Å²) in [6, 6.07) is 8.49. The van der Waals surface area contributed by atoms with Gasteiger partial charge in [0.25, 0.3) is 0 Å². The quantitative estimate of drug-likeness (QED) is 0.143. The summed E-state index contributed by atoms with van der Waals surface area (Å²) in [4.78, 5) is 53.4. The second kappa shape index (κ2) is 14.9. The van der Waals surface area contributed by atoms with E-state index in [1.54, 1.807) is 4.90 Å². The number of hydrogen-bond donors (Lipinski definition) is 3. The zero-order valence-corrected chi connectivity index (χ0v) is 30.6. The van der Waals surface area contributed by atoms with Crippen molar-refractivity contribution in [3.05, 3.63) is 35.9 Å². The molecule has 3 saturated carbocycles. The summed E-state index contributed by atoms with van der Waals surface area (Å²) in [5.41, 5.74) is 0.642. The molecule has 11 nitrogen and oxygen atoms in total. The molecule has 7 atom stereocenters. The van der Waals surface area contributed by atoms with E-state index in [1.807, 2.05) is 30.3 Å². The highest BCUT2D eigenvalue weighted by molar-refractivity contribution is 6.76. The van der Waals surface area contributed by atoms with E-state index in [0.29, 0.717) is 56.6 Å². The van der Waals surface area contributed by atoms with Crippen LogP contribution in [0.3, 0.4) is 0 Å². The van der Waals surface area contributed by atoms with Crippen LogP contribution in [0.25, 0.3) is 0 Å². The van der Waals surface area contributed by atoms with E-state index in [1.165, 1.54) is 0 Å². The maximum Gasteiger partial charge on any atom is 0.481 e. The molecule has 264 valence electrons. The Bertz CT molecular complexity index is 1310. The molecule has 3 aliphatic carbocycles. The molecule has 48 heavy (non-hydrogen) atoms. The Hall–Kier alpha value is -2.90. The smallest absolute Gasteiger partial charge is 0.445 e. The van der Waals surface area contributed by atoms with E-state index in [-0.39, 0.29) is 29.9 Å². The molecule has 0 aromatic heterocycles. The van der Waals surface area contributed by atoms with Gasteiger partial charge in [0.1, 0.15) is 18.7 Å². The fraction of sp³-hybridized carbons (Fsp3) is 0.714. The summed E-state index contributed by atoms with van der Waals surface area (Å²) >= 11 is 0. The predicted octanol–water partition coefficient (Wildman–Crippen LogP) is 4.28. The number of unbranched alkanes of at least 4 members (excludes halogenated alkanes) is 1. The van der Waals surface area contributed by atoms with E-state index in [2.05, 4.69) is 56.4 Å². The van der Waals surface area contributed by atoms with Crippen molar-refractivity contribution in [2.45, 2.75) is 128 Å². The van der Waals surface area contributed by atoms with E-state index in [0.717, 1.165) is 31.2 Å². The van der Waals surface area contributed by atoms with Gasteiger partial charge in [-0.05, 0) is 74.3 Å². The molecule has 5 aliphatic rings. The van der Waals surface area contributed by atoms with Gasteiger partial charge in [-0.25, -0.2) is 4.79 Å². The number of rotatable bonds is 15. The Morgan fingerprint density at radius 1 is 1.10 bits per heavy atom. The van der Waals surface area contributed by atoms with Crippen LogP contribution in [-0.4, -0.2) is 87.2 Å². The molecule has 1 aromatic rings. The lowest BCUT2D eigenvalue weighted by molar-refractivity contribution is -0.199. The third-order valence-electron chi connectivity index (χ3n) is 11.3. The lowest BCUT2D eigenvalue weighted by atomic mass is 9.43. The number of hydrogen-bond acceptors (Lipinski definition) is 7. The topological polar surface area (TPSA) is 135 Å². The molecule has 6 rings (SSSR count). The molecular formula is C35H55BN4O7Si. The van der Waals surface area contributed by atoms with Crippen molar-refractivity contribution in [3.63, 3.8) is 0 Å². The highest BCUT2D eigenvalue weighted by Gasteiger charge is 2.68. The van der Waals surface area contributed by atoms with Crippen LogP contribution in [0, 0.1) is 17.3 Å². The van der Waals surface area contributed by atoms with Crippen LogP contribution < -0.4 is 16.0 Å². The first-order valence-electron chi connectivity index (χ1n) is 17.8. The van der Waals surface area contributed by atoms with Crippen molar-refractivity contribution in [2.24, 2.45) is 17.3 Å². The molecule has 4 amide bonds. The van der Waals surface area contributed by atoms with Gasteiger partial charge in [-0.2, -0.15) is 0 Å². The van der Waals surface area contributed by atoms with Gasteiger partial charge in [-0.3, -0.25) is 14.4 Å². The number of carbonyl (C=O) groups excluding carboxylic acids is 4. The van der Waals surface area contributed by atoms with Crippen LogP contribution in [0.5, 0.6) is 0 Å². The van der Waals surface area contributed by atoms with Crippen LogP contribution in [-0.2, 0) is 35.0 Å². The number of nitrogens with zero attached hydrogens (tertiary/aromatic N) is 1. The Morgan fingerprint density at radius 2 is 1.85 bits per heavy atom. The molecule has 2 heterocycles. The first-order valence-corrected chi connectivity index (χ1v) is 21.5. The minimum atomic E-state index is -1.82.